The van der Waals surface area contributed by atoms with Crippen LogP contribution in [0.2, 0.25) is 0 Å². The lowest BCUT2D eigenvalue weighted by Crippen LogP contribution is -2.56. The van der Waals surface area contributed by atoms with E-state index >= 15 is 0 Å². The molecule has 2 atom stereocenters. The number of piperidine rings is 1. The summed E-state index contributed by atoms with van der Waals surface area (Å²) in [7, 11) is 0. The van der Waals surface area contributed by atoms with E-state index in [-0.39, 0.29) is 17.9 Å². The van der Waals surface area contributed by atoms with Crippen molar-refractivity contribution in [1.29, 1.82) is 0 Å². The highest BCUT2D eigenvalue weighted by molar-refractivity contribution is 5.82. The van der Waals surface area contributed by atoms with Crippen LogP contribution < -0.4 is 0 Å². The van der Waals surface area contributed by atoms with Crippen molar-refractivity contribution in [2.75, 3.05) is 39.3 Å². The summed E-state index contributed by atoms with van der Waals surface area (Å²) < 4.78 is 1.88. The number of hydrogen-bond donors (Lipinski definition) is 0. The second kappa shape index (κ2) is 7.95. The molecule has 8 nitrogen and oxygen atoms in total. The summed E-state index contributed by atoms with van der Waals surface area (Å²) in [6, 6.07) is -0.109. The molecule has 138 valence electrons. The molecule has 2 fully saturated rings. The Morgan fingerprint density at radius 3 is 2.52 bits per heavy atom. The van der Waals surface area contributed by atoms with E-state index in [0.29, 0.717) is 32.1 Å². The molecule has 0 bridgehead atoms. The molecule has 2 amide bonds. The maximum atomic E-state index is 12.9. The Morgan fingerprint density at radius 2 is 1.88 bits per heavy atom. The zero-order chi connectivity index (χ0) is 17.8. The van der Waals surface area contributed by atoms with Gasteiger partial charge in [0.25, 0.3) is 0 Å². The molecule has 0 N–H and O–H groups in total. The molecule has 0 unspecified atom stereocenters. The van der Waals surface area contributed by atoms with Crippen LogP contribution in [0.3, 0.4) is 0 Å². The van der Waals surface area contributed by atoms with E-state index in [4.69, 9.17) is 0 Å². The molecule has 0 aromatic carbocycles. The summed E-state index contributed by atoms with van der Waals surface area (Å²) in [6.45, 7) is 8.90. The SMILES string of the molecule is CC(=O)N1CCN(C(=O)[C@@H](C)N2CCC[C@@H](Cn3cncn3)C2)CC1. The maximum Gasteiger partial charge on any atom is 0.239 e. The molecule has 25 heavy (non-hydrogen) atoms. The Bertz CT molecular complexity index is 582. The molecule has 0 spiro atoms. The molecule has 8 heteroatoms. The second-order valence-corrected chi connectivity index (χ2v) is 7.13. The monoisotopic (exact) mass is 348 g/mol. The molecule has 0 radical (unpaired) electrons. The van der Waals surface area contributed by atoms with Gasteiger partial charge in [-0.05, 0) is 32.2 Å². The molecule has 1 aromatic heterocycles. The lowest BCUT2D eigenvalue weighted by molar-refractivity contribution is -0.142. The summed E-state index contributed by atoms with van der Waals surface area (Å²) in [6.07, 6.45) is 5.58. The fraction of sp³-hybridized carbons (Fsp3) is 0.765. The van der Waals surface area contributed by atoms with Gasteiger partial charge in [-0.25, -0.2) is 4.98 Å². The molecule has 3 heterocycles. The molecule has 2 saturated heterocycles. The van der Waals surface area contributed by atoms with Crippen LogP contribution in [0.1, 0.15) is 26.7 Å². The minimum atomic E-state index is -0.109. The number of piperazine rings is 1. The predicted octanol–water partition coefficient (Wildman–Crippen LogP) is 0.0693. The minimum Gasteiger partial charge on any atom is -0.339 e. The number of likely N-dealkylation sites (tertiary alicyclic amines) is 1. The number of hydrogen-bond acceptors (Lipinski definition) is 5. The third-order valence-corrected chi connectivity index (χ3v) is 5.40. The van der Waals surface area contributed by atoms with Crippen molar-refractivity contribution in [2.45, 2.75) is 39.3 Å². The molecule has 2 aliphatic rings. The Hall–Kier alpha value is -1.96. The van der Waals surface area contributed by atoms with Crippen molar-refractivity contribution in [3.8, 4) is 0 Å². The van der Waals surface area contributed by atoms with Gasteiger partial charge in [-0.1, -0.05) is 0 Å². The van der Waals surface area contributed by atoms with Gasteiger partial charge in [-0.3, -0.25) is 19.2 Å². The van der Waals surface area contributed by atoms with Crippen molar-refractivity contribution in [3.05, 3.63) is 12.7 Å². The fourth-order valence-corrected chi connectivity index (χ4v) is 3.85. The van der Waals surface area contributed by atoms with Crippen molar-refractivity contribution >= 4 is 11.8 Å². The molecular formula is C17H28N6O2. The first-order valence-corrected chi connectivity index (χ1v) is 9.15. The number of nitrogens with zero attached hydrogens (tertiary/aromatic N) is 6. The van der Waals surface area contributed by atoms with Crippen LogP contribution in [0.15, 0.2) is 12.7 Å². The van der Waals surface area contributed by atoms with Crippen LogP contribution in [-0.2, 0) is 16.1 Å². The largest absolute Gasteiger partial charge is 0.339 e. The first-order chi connectivity index (χ1) is 12.0. The van der Waals surface area contributed by atoms with E-state index in [1.165, 1.54) is 0 Å². The normalized spacial score (nSPS) is 23.5. The average Bonchev–Trinajstić information content (AvgIpc) is 3.13. The molecule has 0 aliphatic carbocycles. The first kappa shape index (κ1) is 17.8. The van der Waals surface area contributed by atoms with E-state index in [1.54, 1.807) is 19.6 Å². The lowest BCUT2D eigenvalue weighted by Gasteiger charge is -2.40. The first-order valence-electron chi connectivity index (χ1n) is 9.15. The van der Waals surface area contributed by atoms with Crippen molar-refractivity contribution in [1.82, 2.24) is 29.5 Å². The van der Waals surface area contributed by atoms with E-state index in [9.17, 15) is 9.59 Å². The Kier molecular flexibility index (Phi) is 5.67. The van der Waals surface area contributed by atoms with Crippen LogP contribution in [-0.4, -0.2) is 86.6 Å². The highest BCUT2D eigenvalue weighted by Gasteiger charge is 2.31. The third kappa shape index (κ3) is 4.36. The number of rotatable bonds is 4. The summed E-state index contributed by atoms with van der Waals surface area (Å²) in [4.78, 5) is 34.3. The lowest BCUT2D eigenvalue weighted by atomic mass is 9.96. The summed E-state index contributed by atoms with van der Waals surface area (Å²) in [5, 5.41) is 4.19. The predicted molar refractivity (Wildman–Crippen MR) is 92.6 cm³/mol. The molecule has 1 aromatic rings. The van der Waals surface area contributed by atoms with E-state index in [0.717, 1.165) is 32.5 Å². The Labute approximate surface area is 148 Å². The maximum absolute atomic E-state index is 12.9. The molecule has 0 saturated carbocycles. The third-order valence-electron chi connectivity index (χ3n) is 5.40. The molecular weight excluding hydrogens is 320 g/mol. The van der Waals surface area contributed by atoms with Crippen LogP contribution in [0, 0.1) is 5.92 Å². The topological polar surface area (TPSA) is 74.6 Å². The standard InChI is InChI=1S/C17H28N6O2/c1-14(17(25)21-8-6-20(7-9-21)15(2)24)22-5-3-4-16(10-22)11-23-13-18-12-19-23/h12-14,16H,3-11H2,1-2H3/t14-,16-/m1/s1. The minimum absolute atomic E-state index is 0.0899. The highest BCUT2D eigenvalue weighted by Crippen LogP contribution is 2.21. The molecule has 3 rings (SSSR count). The average molecular weight is 348 g/mol. The number of amides is 2. The van der Waals surface area contributed by atoms with Crippen LogP contribution in [0.5, 0.6) is 0 Å². The Morgan fingerprint density at radius 1 is 1.16 bits per heavy atom. The number of aromatic nitrogens is 3. The van der Waals surface area contributed by atoms with Gasteiger partial charge >= 0.3 is 0 Å². The number of carbonyl (C=O) groups excluding carboxylic acids is 2. The Balaban J connectivity index is 1.52. The smallest absolute Gasteiger partial charge is 0.239 e. The summed E-state index contributed by atoms with van der Waals surface area (Å²) in [5.74, 6) is 0.775. The quantitative estimate of drug-likeness (QED) is 0.770. The zero-order valence-electron chi connectivity index (χ0n) is 15.2. The number of carbonyl (C=O) groups is 2. The van der Waals surface area contributed by atoms with Gasteiger partial charge in [0.2, 0.25) is 11.8 Å². The van der Waals surface area contributed by atoms with Gasteiger partial charge in [0.05, 0.1) is 6.04 Å². The van der Waals surface area contributed by atoms with Gasteiger partial charge in [-0.15, -0.1) is 0 Å². The van der Waals surface area contributed by atoms with Crippen molar-refractivity contribution in [3.63, 3.8) is 0 Å². The van der Waals surface area contributed by atoms with Crippen LogP contribution >= 0.6 is 0 Å². The molecule has 2 aliphatic heterocycles. The van der Waals surface area contributed by atoms with Gasteiger partial charge in [0.1, 0.15) is 12.7 Å². The highest BCUT2D eigenvalue weighted by atomic mass is 16.2. The van der Waals surface area contributed by atoms with Gasteiger partial charge in [0, 0.05) is 46.2 Å². The summed E-state index contributed by atoms with van der Waals surface area (Å²) in [5.41, 5.74) is 0. The van der Waals surface area contributed by atoms with Crippen molar-refractivity contribution < 1.29 is 9.59 Å². The van der Waals surface area contributed by atoms with Gasteiger partial charge < -0.3 is 9.80 Å². The van der Waals surface area contributed by atoms with E-state index in [2.05, 4.69) is 15.0 Å². The van der Waals surface area contributed by atoms with Gasteiger partial charge in [-0.2, -0.15) is 5.10 Å². The fourth-order valence-electron chi connectivity index (χ4n) is 3.85. The van der Waals surface area contributed by atoms with Crippen LogP contribution in [0.25, 0.3) is 0 Å². The zero-order valence-corrected chi connectivity index (χ0v) is 15.2. The van der Waals surface area contributed by atoms with Crippen molar-refractivity contribution in [2.24, 2.45) is 5.92 Å². The van der Waals surface area contributed by atoms with Crippen LogP contribution in [0.4, 0.5) is 0 Å². The van der Waals surface area contributed by atoms with E-state index in [1.807, 2.05) is 21.4 Å². The van der Waals surface area contributed by atoms with Gasteiger partial charge in [0.15, 0.2) is 0 Å². The summed E-state index contributed by atoms with van der Waals surface area (Å²) >= 11 is 0. The van der Waals surface area contributed by atoms with E-state index < -0.39 is 0 Å². The second-order valence-electron chi connectivity index (χ2n) is 7.13.